The van der Waals surface area contributed by atoms with E-state index in [9.17, 15) is 14.7 Å². The van der Waals surface area contributed by atoms with E-state index in [-0.39, 0.29) is 12.1 Å². The van der Waals surface area contributed by atoms with E-state index in [4.69, 9.17) is 4.74 Å². The first kappa shape index (κ1) is 17.8. The Kier molecular flexibility index (Phi) is 6.45. The molecule has 0 radical (unpaired) electrons. The average molecular weight is 300 g/mol. The molecule has 1 atom stereocenters. The number of ether oxygens (including phenoxy) is 1. The van der Waals surface area contributed by atoms with Crippen LogP contribution in [0.5, 0.6) is 0 Å². The maximum absolute atomic E-state index is 12.3. The van der Waals surface area contributed by atoms with Crippen molar-refractivity contribution in [3.63, 3.8) is 0 Å². The Hall–Kier alpha value is -1.30. The number of carboxylic acid groups (broad SMARTS) is 1. The molecule has 6 nitrogen and oxygen atoms in total. The van der Waals surface area contributed by atoms with Crippen LogP contribution in [-0.2, 0) is 9.53 Å². The Morgan fingerprint density at radius 3 is 2.62 bits per heavy atom. The minimum Gasteiger partial charge on any atom is -0.481 e. The lowest BCUT2D eigenvalue weighted by molar-refractivity contribution is -0.148. The Morgan fingerprint density at radius 1 is 1.43 bits per heavy atom. The van der Waals surface area contributed by atoms with Crippen molar-refractivity contribution in [3.05, 3.63) is 0 Å². The van der Waals surface area contributed by atoms with Crippen molar-refractivity contribution < 1.29 is 19.4 Å². The summed E-state index contributed by atoms with van der Waals surface area (Å²) >= 11 is 0. The number of amides is 2. The minimum absolute atomic E-state index is 0.110. The van der Waals surface area contributed by atoms with E-state index in [1.54, 1.807) is 16.8 Å². The summed E-state index contributed by atoms with van der Waals surface area (Å²) in [4.78, 5) is 27.1. The maximum atomic E-state index is 12.3. The highest BCUT2D eigenvalue weighted by Crippen LogP contribution is 2.35. The van der Waals surface area contributed by atoms with Gasteiger partial charge in [-0.05, 0) is 26.7 Å². The molecule has 1 saturated heterocycles. The number of likely N-dealkylation sites (N-methyl/N-ethyl adjacent to an activating group) is 1. The second kappa shape index (κ2) is 7.64. The highest BCUT2D eigenvalue weighted by Gasteiger charge is 2.45. The third-order valence-electron chi connectivity index (χ3n) is 4.01. The minimum atomic E-state index is -0.787. The molecule has 1 N–H and O–H groups in total. The second-order valence-electron chi connectivity index (χ2n) is 6.13. The second-order valence-corrected chi connectivity index (χ2v) is 6.13. The molecule has 0 aliphatic carbocycles. The third kappa shape index (κ3) is 4.59. The molecule has 21 heavy (non-hydrogen) atoms. The number of carboxylic acids is 1. The smallest absolute Gasteiger partial charge is 0.319 e. The molecule has 122 valence electrons. The molecule has 1 fully saturated rings. The van der Waals surface area contributed by atoms with Crippen LogP contribution < -0.4 is 0 Å². The SMILES string of the molecule is CCCC1(C(=O)O)CCN(C(=O)N(C)CCOC(C)C)C1. The fraction of sp³-hybridized carbons (Fsp3) is 0.867. The summed E-state index contributed by atoms with van der Waals surface area (Å²) in [7, 11) is 1.73. The van der Waals surface area contributed by atoms with Crippen molar-refractivity contribution in [1.29, 1.82) is 0 Å². The van der Waals surface area contributed by atoms with Crippen molar-refractivity contribution in [3.8, 4) is 0 Å². The largest absolute Gasteiger partial charge is 0.481 e. The predicted molar refractivity (Wildman–Crippen MR) is 80.3 cm³/mol. The normalized spacial score (nSPS) is 21.9. The lowest BCUT2D eigenvalue weighted by Crippen LogP contribution is -2.43. The molecule has 1 aliphatic rings. The van der Waals surface area contributed by atoms with Gasteiger partial charge in [-0.25, -0.2) is 4.79 Å². The number of hydrogen-bond donors (Lipinski definition) is 1. The topological polar surface area (TPSA) is 70.1 Å². The van der Waals surface area contributed by atoms with Crippen molar-refractivity contribution in [2.45, 2.75) is 46.1 Å². The first-order chi connectivity index (χ1) is 9.82. The van der Waals surface area contributed by atoms with Gasteiger partial charge >= 0.3 is 12.0 Å². The van der Waals surface area contributed by atoms with Crippen LogP contribution in [0.15, 0.2) is 0 Å². The molecule has 0 aromatic heterocycles. The van der Waals surface area contributed by atoms with Gasteiger partial charge in [0.1, 0.15) is 0 Å². The maximum Gasteiger partial charge on any atom is 0.319 e. The van der Waals surface area contributed by atoms with E-state index >= 15 is 0 Å². The van der Waals surface area contributed by atoms with Crippen LogP contribution in [0.3, 0.4) is 0 Å². The van der Waals surface area contributed by atoms with Gasteiger partial charge < -0.3 is 19.6 Å². The first-order valence-corrected chi connectivity index (χ1v) is 7.67. The van der Waals surface area contributed by atoms with Gasteiger partial charge in [-0.2, -0.15) is 0 Å². The summed E-state index contributed by atoms with van der Waals surface area (Å²) in [6.45, 7) is 7.71. The Balaban J connectivity index is 2.54. The number of hydrogen-bond acceptors (Lipinski definition) is 3. The molecule has 0 aromatic carbocycles. The summed E-state index contributed by atoms with van der Waals surface area (Å²) in [5.74, 6) is -0.787. The van der Waals surface area contributed by atoms with Gasteiger partial charge in [0.25, 0.3) is 0 Å². The molecular weight excluding hydrogens is 272 g/mol. The van der Waals surface area contributed by atoms with Crippen LogP contribution in [0.1, 0.15) is 40.0 Å². The summed E-state index contributed by atoms with van der Waals surface area (Å²) in [6, 6.07) is -0.110. The summed E-state index contributed by atoms with van der Waals surface area (Å²) in [6.07, 6.45) is 2.11. The molecule has 0 aromatic rings. The molecule has 6 heteroatoms. The van der Waals surface area contributed by atoms with Gasteiger partial charge in [-0.3, -0.25) is 4.79 Å². The quantitative estimate of drug-likeness (QED) is 0.781. The van der Waals surface area contributed by atoms with Gasteiger partial charge in [-0.1, -0.05) is 13.3 Å². The number of likely N-dealkylation sites (tertiary alicyclic amines) is 1. The zero-order chi connectivity index (χ0) is 16.0. The number of carbonyl (C=O) groups is 2. The average Bonchev–Trinajstić information content (AvgIpc) is 2.83. The number of rotatable bonds is 7. The monoisotopic (exact) mass is 300 g/mol. The van der Waals surface area contributed by atoms with Crippen LogP contribution in [-0.4, -0.2) is 66.3 Å². The molecule has 1 heterocycles. The van der Waals surface area contributed by atoms with Crippen molar-refractivity contribution in [1.82, 2.24) is 9.80 Å². The predicted octanol–water partition coefficient (Wildman–Crippen LogP) is 2.04. The summed E-state index contributed by atoms with van der Waals surface area (Å²) in [5.41, 5.74) is -0.764. The van der Waals surface area contributed by atoms with Crippen LogP contribution >= 0.6 is 0 Å². The fourth-order valence-electron chi connectivity index (χ4n) is 2.76. The number of aliphatic carboxylic acids is 1. The molecule has 0 spiro atoms. The van der Waals surface area contributed by atoms with E-state index < -0.39 is 11.4 Å². The molecular formula is C15H28N2O4. The molecule has 1 unspecified atom stereocenters. The van der Waals surface area contributed by atoms with Crippen LogP contribution in [0, 0.1) is 5.41 Å². The van der Waals surface area contributed by atoms with E-state index in [1.165, 1.54) is 0 Å². The van der Waals surface area contributed by atoms with E-state index in [0.29, 0.717) is 39.1 Å². The lowest BCUT2D eigenvalue weighted by atomic mass is 9.83. The van der Waals surface area contributed by atoms with E-state index in [1.807, 2.05) is 20.8 Å². The molecule has 0 bridgehead atoms. The van der Waals surface area contributed by atoms with Gasteiger partial charge in [0.15, 0.2) is 0 Å². The summed E-state index contributed by atoms with van der Waals surface area (Å²) < 4.78 is 5.44. The van der Waals surface area contributed by atoms with Crippen molar-refractivity contribution >= 4 is 12.0 Å². The zero-order valence-electron chi connectivity index (χ0n) is 13.6. The van der Waals surface area contributed by atoms with E-state index in [0.717, 1.165) is 6.42 Å². The van der Waals surface area contributed by atoms with Crippen LogP contribution in [0.2, 0.25) is 0 Å². The number of nitrogens with zero attached hydrogens (tertiary/aromatic N) is 2. The Morgan fingerprint density at radius 2 is 2.10 bits per heavy atom. The number of carbonyl (C=O) groups excluding carboxylic acids is 1. The molecule has 1 aliphatic heterocycles. The zero-order valence-corrected chi connectivity index (χ0v) is 13.6. The highest BCUT2D eigenvalue weighted by atomic mass is 16.5. The standard InChI is InChI=1S/C15H28N2O4/c1-5-6-15(13(18)19)7-8-17(11-15)14(20)16(4)9-10-21-12(2)3/h12H,5-11H2,1-4H3,(H,18,19). The third-order valence-corrected chi connectivity index (χ3v) is 4.01. The number of urea groups is 1. The fourth-order valence-corrected chi connectivity index (χ4v) is 2.76. The summed E-state index contributed by atoms with van der Waals surface area (Å²) in [5, 5.41) is 9.46. The van der Waals surface area contributed by atoms with Crippen molar-refractivity contribution in [2.75, 3.05) is 33.3 Å². The van der Waals surface area contributed by atoms with Gasteiger partial charge in [0.2, 0.25) is 0 Å². The molecule has 1 rings (SSSR count). The van der Waals surface area contributed by atoms with Crippen molar-refractivity contribution in [2.24, 2.45) is 5.41 Å². The van der Waals surface area contributed by atoms with Crippen LogP contribution in [0.25, 0.3) is 0 Å². The van der Waals surface area contributed by atoms with Gasteiger partial charge in [0.05, 0.1) is 18.1 Å². The molecule has 2 amide bonds. The lowest BCUT2D eigenvalue weighted by Gasteiger charge is -2.27. The molecule has 0 saturated carbocycles. The highest BCUT2D eigenvalue weighted by molar-refractivity contribution is 5.79. The van der Waals surface area contributed by atoms with Gasteiger partial charge in [0, 0.05) is 26.7 Å². The first-order valence-electron chi connectivity index (χ1n) is 7.67. The Labute approximate surface area is 127 Å². The van der Waals surface area contributed by atoms with Crippen LogP contribution in [0.4, 0.5) is 4.79 Å². The van der Waals surface area contributed by atoms with E-state index in [2.05, 4.69) is 0 Å². The van der Waals surface area contributed by atoms with Gasteiger partial charge in [-0.15, -0.1) is 0 Å². The Bertz CT molecular complexity index is 373.